The number of aliphatic imine (C=N–C) groups is 5. The van der Waals surface area contributed by atoms with E-state index in [1.165, 1.54) is 66.3 Å². The van der Waals surface area contributed by atoms with Gasteiger partial charge >= 0.3 is 31.1 Å². The van der Waals surface area contributed by atoms with E-state index in [2.05, 4.69) is 163 Å². The van der Waals surface area contributed by atoms with Crippen LogP contribution in [0.3, 0.4) is 0 Å². The molecule has 1 saturated heterocycles. The van der Waals surface area contributed by atoms with E-state index in [0.717, 1.165) is 137 Å². The fraction of sp³-hybridized carbons (Fsp3) is 0.284. The number of hydrogen-bond acceptors (Lipinski definition) is 24. The maximum absolute atomic E-state index is 13.6. The first-order chi connectivity index (χ1) is 69.7. The fourth-order valence-corrected chi connectivity index (χ4v) is 17.3. The predicted molar refractivity (Wildman–Crippen MR) is 575 cm³/mol. The van der Waals surface area contributed by atoms with Crippen LogP contribution in [0.4, 0.5) is 4.79 Å². The molecule has 0 spiro atoms. The zero-order chi connectivity index (χ0) is 105. The Morgan fingerprint density at radius 1 is 0.384 bits per heavy atom. The molecule has 6 N–H and O–H groups in total. The highest BCUT2D eigenvalue weighted by Gasteiger charge is 2.52. The Bertz CT molecular complexity index is 7090. The van der Waals surface area contributed by atoms with Crippen molar-refractivity contribution in [3.05, 3.63) is 330 Å². The standard InChI is InChI=1S/C31H35N3O5.C26H27N3O3.C18H17NO3.C17H15NO3.C15H20BNO2.C9H9BrO3/c1-19-27-16-20(10-11-22(27)17-32-19)23-12-24(15-26(14-23)38-6)29(35)34-28(18-33-30(36)39-31(2,3)4)21-8-7-9-25(13-21)37-5;1-16-24-13-17(7-8-19(24)15-28-16)20-9-21(12-23(11-20)32-3)26(30)29-25(14-27)18-5-4-6-22(10-18)31-2;1-11-17-9-12(4-5-13(17)10-19-11)14-6-15(18(20)22-3)8-16(7-14)21-2;1-10-16-8-11(3-4-12(16)9-18-10)13-5-14(17(19)20)7-15(6-13)21-2;1-10-13-8-12(7-6-11(13)9-17-10)16-18-14(2,3)15(4,5)19-16;1-12-8-4-6(9(11)13-2)3-7(10)5-8/h7-16,28H,17-18H2,1-6H3,(H,33,36)(H,34,35);4-13,25H,14-15,27H2,1-3H3,(H,29,30);4-9H,10H2,1-3H3;3-8H,9H2,1-2H3,(H,19,20);6-8H,9H2,1-5H3;3-5H,1-2H3. The van der Waals surface area contributed by atoms with Crippen LogP contribution in [0.15, 0.2) is 260 Å². The van der Waals surface area contributed by atoms with Crippen molar-refractivity contribution < 1.29 is 90.6 Å². The number of nitrogens with one attached hydrogen (secondary N) is 3. The maximum Gasteiger partial charge on any atom is 0.494 e. The summed E-state index contributed by atoms with van der Waals surface area (Å²) in [5.41, 5.74) is 34.2. The average molecular weight is 2040 g/mol. The van der Waals surface area contributed by atoms with E-state index in [1.807, 2.05) is 143 Å². The van der Waals surface area contributed by atoms with Crippen LogP contribution in [0.2, 0.25) is 0 Å². The van der Waals surface area contributed by atoms with Gasteiger partial charge in [0.15, 0.2) is 0 Å². The van der Waals surface area contributed by atoms with Crippen molar-refractivity contribution in [3.63, 3.8) is 0 Å². The number of carboxylic acids is 1. The third-order valence-corrected chi connectivity index (χ3v) is 26.2. The second-order valence-corrected chi connectivity index (χ2v) is 38.1. The summed E-state index contributed by atoms with van der Waals surface area (Å²) in [4.78, 5) is 95.6. The van der Waals surface area contributed by atoms with Crippen molar-refractivity contribution in [1.29, 1.82) is 0 Å². The molecule has 6 aliphatic rings. The molecule has 756 valence electrons. The number of carbonyl (C=O) groups is 6. The molecular weight excluding hydrogens is 1910 g/mol. The van der Waals surface area contributed by atoms with E-state index >= 15 is 0 Å². The van der Waals surface area contributed by atoms with Gasteiger partial charge in [-0.05, 0) is 317 Å². The summed E-state index contributed by atoms with van der Waals surface area (Å²) in [6.45, 7) is 27.8. The average Bonchev–Trinajstić information content (AvgIpc) is 1.61. The van der Waals surface area contributed by atoms with Crippen LogP contribution in [0.25, 0.3) is 44.5 Å². The molecule has 18 rings (SSSR count). The number of benzene rings is 12. The largest absolute Gasteiger partial charge is 0.497 e. The van der Waals surface area contributed by atoms with Gasteiger partial charge in [0.1, 0.15) is 45.8 Å². The lowest BCUT2D eigenvalue weighted by atomic mass is 9.77. The lowest BCUT2D eigenvalue weighted by Crippen LogP contribution is -2.41. The van der Waals surface area contributed by atoms with Crippen molar-refractivity contribution >= 4 is 92.9 Å². The van der Waals surface area contributed by atoms with Gasteiger partial charge in [0.05, 0.1) is 137 Å². The Morgan fingerprint density at radius 2 is 0.699 bits per heavy atom. The Labute approximate surface area is 860 Å². The van der Waals surface area contributed by atoms with E-state index in [0.29, 0.717) is 69.0 Å². The minimum Gasteiger partial charge on any atom is -0.497 e. The SMILES string of the molecule is CC1=NCc2ccc(B3OC(C)(C)C(C)(C)O3)cc21.COC(=O)c1cc(Br)cc(OC)c1.COC(=O)c1cc(OC)cc(-c2ccc3c(c2)C(C)=NC3)c1.COc1cc(C(=O)NC(CN)c2cccc(OC)c2)cc(-c2ccc3c(c2)C(C)=NC3)c1.COc1cc(C(=O)NC(CNC(=O)OC(C)(C)C)c2cccc(OC)c2)cc(-c2ccc3c(c2)C(C)=NC3)c1.COc1cc(C(=O)O)cc(-c2ccc3c(c2)C(C)=NC3)c1. The smallest absolute Gasteiger partial charge is 0.494 e. The summed E-state index contributed by atoms with van der Waals surface area (Å²) in [6.07, 6.45) is -0.566. The highest BCUT2D eigenvalue weighted by atomic mass is 79.9. The number of esters is 2. The number of aromatic carboxylic acids is 1. The van der Waals surface area contributed by atoms with Crippen LogP contribution in [-0.4, -0.2) is 170 Å². The summed E-state index contributed by atoms with van der Waals surface area (Å²) in [5, 5.41) is 18.1. The molecule has 0 radical (unpaired) electrons. The van der Waals surface area contributed by atoms with Gasteiger partial charge in [0.2, 0.25) is 0 Å². The zero-order valence-corrected chi connectivity index (χ0v) is 87.7. The molecule has 0 aliphatic carbocycles. The van der Waals surface area contributed by atoms with Gasteiger partial charge in [-0.15, -0.1) is 0 Å². The molecule has 30 heteroatoms. The molecule has 12 aromatic carbocycles. The second kappa shape index (κ2) is 47.9. The Hall–Kier alpha value is -15.4. The third-order valence-electron chi connectivity index (χ3n) is 25.8. The van der Waals surface area contributed by atoms with Crippen LogP contribution in [-0.2, 0) is 56.2 Å². The minimum absolute atomic E-state index is 0.119. The van der Waals surface area contributed by atoms with Crippen LogP contribution < -0.4 is 60.3 Å². The molecule has 3 amide bonds. The maximum atomic E-state index is 13.6. The first kappa shape index (κ1) is 108. The Morgan fingerprint density at radius 3 is 1.05 bits per heavy atom. The summed E-state index contributed by atoms with van der Waals surface area (Å²) < 4.78 is 64.9. The zero-order valence-electron chi connectivity index (χ0n) is 86.1. The lowest BCUT2D eigenvalue weighted by molar-refractivity contribution is 0.00578. The van der Waals surface area contributed by atoms with E-state index in [4.69, 9.17) is 57.7 Å². The lowest BCUT2D eigenvalue weighted by Gasteiger charge is -2.32. The van der Waals surface area contributed by atoms with Crippen molar-refractivity contribution in [3.8, 4) is 84.8 Å². The van der Waals surface area contributed by atoms with Gasteiger partial charge < -0.3 is 83.5 Å². The van der Waals surface area contributed by atoms with Crippen molar-refractivity contribution in [2.24, 2.45) is 30.7 Å². The van der Waals surface area contributed by atoms with E-state index in [-0.39, 0.29) is 66.8 Å². The number of carbonyl (C=O) groups excluding carboxylic acids is 5. The number of halogens is 1. The number of rotatable bonds is 24. The normalized spacial score (nSPS) is 14.0. The quantitative estimate of drug-likeness (QED) is 0.0213. The molecule has 0 saturated carbocycles. The molecule has 6 heterocycles. The van der Waals surface area contributed by atoms with Crippen LogP contribution >= 0.6 is 15.9 Å². The number of nitrogens with zero attached hydrogens (tertiary/aromatic N) is 5. The summed E-state index contributed by atoms with van der Waals surface area (Å²) in [7, 11) is 13.4. The topological polar surface area (TPSA) is 357 Å². The van der Waals surface area contributed by atoms with Crippen LogP contribution in [0.1, 0.15) is 214 Å². The van der Waals surface area contributed by atoms with Gasteiger partial charge in [-0.25, -0.2) is 19.2 Å². The van der Waals surface area contributed by atoms with Gasteiger partial charge in [-0.1, -0.05) is 107 Å². The Balaban J connectivity index is 0.000000151. The molecule has 12 aromatic rings. The molecule has 1 fully saturated rings. The molecule has 0 aromatic heterocycles. The third kappa shape index (κ3) is 26.8. The number of methoxy groups -OCH3 is 9. The minimum atomic E-state index is -0.964. The van der Waals surface area contributed by atoms with Crippen LogP contribution in [0, 0.1) is 0 Å². The number of carboxylic acid groups (broad SMARTS) is 1. The van der Waals surface area contributed by atoms with Crippen LogP contribution in [0.5, 0.6) is 40.2 Å². The molecular formula is C116H123BBrN9O19. The second-order valence-electron chi connectivity index (χ2n) is 37.2. The number of ether oxygens (including phenoxy) is 10. The van der Waals surface area contributed by atoms with E-state index < -0.39 is 23.7 Å². The number of alkyl carbamates (subject to hydrolysis) is 1. The van der Waals surface area contributed by atoms with Crippen molar-refractivity contribution in [2.75, 3.05) is 77.1 Å². The molecule has 2 atom stereocenters. The summed E-state index contributed by atoms with van der Waals surface area (Å²) in [6, 6.07) is 71.7. The van der Waals surface area contributed by atoms with E-state index in [1.54, 1.807) is 106 Å². The molecule has 2 unspecified atom stereocenters. The number of nitrogens with two attached hydrogens (primary N) is 1. The Kier molecular flexibility index (Phi) is 35.4. The van der Waals surface area contributed by atoms with Gasteiger partial charge in [0, 0.05) is 79.5 Å². The van der Waals surface area contributed by atoms with E-state index in [9.17, 15) is 33.9 Å². The van der Waals surface area contributed by atoms with Gasteiger partial charge in [-0.3, -0.25) is 34.6 Å². The number of hydrogen-bond donors (Lipinski definition) is 5. The number of fused-ring (bicyclic) bond motifs is 5. The number of amides is 3. The molecule has 6 aliphatic heterocycles. The molecule has 0 bridgehead atoms. The highest BCUT2D eigenvalue weighted by Crippen LogP contribution is 2.40. The summed E-state index contributed by atoms with van der Waals surface area (Å²) >= 11 is 3.26. The highest BCUT2D eigenvalue weighted by molar-refractivity contribution is 9.10. The summed E-state index contributed by atoms with van der Waals surface area (Å²) in [5.74, 6) is 2.08. The first-order valence-corrected chi connectivity index (χ1v) is 48.2. The monoisotopic (exact) mass is 2040 g/mol. The van der Waals surface area contributed by atoms with Crippen molar-refractivity contribution in [2.45, 2.75) is 145 Å². The predicted octanol–water partition coefficient (Wildman–Crippen LogP) is 21.2. The van der Waals surface area contributed by atoms with Gasteiger partial charge in [-0.2, -0.15) is 0 Å². The first-order valence-electron chi connectivity index (χ1n) is 47.4. The molecule has 28 nitrogen and oxygen atoms in total. The molecule has 146 heavy (non-hydrogen) atoms. The fourth-order valence-electron chi connectivity index (χ4n) is 16.9. The van der Waals surface area contributed by atoms with Crippen molar-refractivity contribution in [1.82, 2.24) is 16.0 Å². The van der Waals surface area contributed by atoms with Gasteiger partial charge in [0.25, 0.3) is 11.8 Å².